The molecule has 4 aromatic rings. The summed E-state index contributed by atoms with van der Waals surface area (Å²) in [6.45, 7) is 5.19. The SMILES string of the molecule is Cc1c(-c2ccccn2)nc2cc(F)ccc2c1Cc1cc(Cl)cc(N2CCOCC2)c1. The second-order valence-electron chi connectivity index (χ2n) is 8.03. The van der Waals surface area contributed by atoms with Gasteiger partial charge in [0.05, 0.1) is 30.1 Å². The van der Waals surface area contributed by atoms with Crippen LogP contribution in [0.25, 0.3) is 22.3 Å². The normalized spacial score (nSPS) is 14.2. The van der Waals surface area contributed by atoms with Gasteiger partial charge in [0.15, 0.2) is 0 Å². The number of pyridine rings is 2. The second kappa shape index (κ2) is 8.85. The Morgan fingerprint density at radius 2 is 1.91 bits per heavy atom. The van der Waals surface area contributed by atoms with E-state index in [4.69, 9.17) is 21.3 Å². The van der Waals surface area contributed by atoms with Gasteiger partial charge in [-0.15, -0.1) is 0 Å². The maximum atomic E-state index is 14.1. The van der Waals surface area contributed by atoms with Crippen molar-refractivity contribution in [3.8, 4) is 11.4 Å². The average molecular weight is 448 g/mol. The molecule has 2 aromatic carbocycles. The standard InChI is InChI=1S/C26H23ClFN3O/c1-17-23(14-18-12-19(27)15-21(13-18)31-8-10-32-11-9-31)22-6-5-20(28)16-25(22)30-26(17)24-4-2-3-7-29-24/h2-7,12-13,15-16H,8-11,14H2,1H3. The monoisotopic (exact) mass is 447 g/mol. The van der Waals surface area contributed by atoms with Gasteiger partial charge in [0.2, 0.25) is 0 Å². The number of morpholine rings is 1. The Labute approximate surface area is 191 Å². The fourth-order valence-electron chi connectivity index (χ4n) is 4.33. The third kappa shape index (κ3) is 4.18. The quantitative estimate of drug-likeness (QED) is 0.395. The van der Waals surface area contributed by atoms with Gasteiger partial charge in [0, 0.05) is 41.4 Å². The first-order valence-electron chi connectivity index (χ1n) is 10.7. The summed E-state index contributed by atoms with van der Waals surface area (Å²) >= 11 is 6.51. The molecule has 1 fully saturated rings. The fraction of sp³-hybridized carbons (Fsp3) is 0.231. The van der Waals surface area contributed by atoms with E-state index in [1.165, 1.54) is 12.1 Å². The first-order chi connectivity index (χ1) is 15.6. The van der Waals surface area contributed by atoms with Crippen LogP contribution in [0.4, 0.5) is 10.1 Å². The average Bonchev–Trinajstić information content (AvgIpc) is 2.81. The van der Waals surface area contributed by atoms with Crippen molar-refractivity contribution in [1.82, 2.24) is 9.97 Å². The van der Waals surface area contributed by atoms with Crippen molar-refractivity contribution in [3.63, 3.8) is 0 Å². The van der Waals surface area contributed by atoms with Gasteiger partial charge in [-0.3, -0.25) is 4.98 Å². The van der Waals surface area contributed by atoms with E-state index in [9.17, 15) is 4.39 Å². The van der Waals surface area contributed by atoms with Crippen molar-refractivity contribution in [2.45, 2.75) is 13.3 Å². The number of hydrogen-bond acceptors (Lipinski definition) is 4. The summed E-state index contributed by atoms with van der Waals surface area (Å²) in [6, 6.07) is 16.7. The fourth-order valence-corrected chi connectivity index (χ4v) is 4.58. The number of aromatic nitrogens is 2. The number of fused-ring (bicyclic) bond motifs is 1. The van der Waals surface area contributed by atoms with Crippen LogP contribution >= 0.6 is 11.6 Å². The van der Waals surface area contributed by atoms with Crippen molar-refractivity contribution in [3.05, 3.63) is 88.3 Å². The summed E-state index contributed by atoms with van der Waals surface area (Å²) in [4.78, 5) is 11.5. The second-order valence-corrected chi connectivity index (χ2v) is 8.47. The first kappa shape index (κ1) is 20.9. The zero-order valence-electron chi connectivity index (χ0n) is 17.8. The van der Waals surface area contributed by atoms with Gasteiger partial charge in [-0.05, 0) is 72.5 Å². The highest BCUT2D eigenvalue weighted by molar-refractivity contribution is 6.31. The predicted octanol–water partition coefficient (Wildman–Crippen LogP) is 5.83. The van der Waals surface area contributed by atoms with Gasteiger partial charge in [0.1, 0.15) is 5.82 Å². The van der Waals surface area contributed by atoms with Crippen LogP contribution in [0.15, 0.2) is 60.8 Å². The summed E-state index contributed by atoms with van der Waals surface area (Å²) in [5, 5.41) is 1.65. The lowest BCUT2D eigenvalue weighted by Crippen LogP contribution is -2.36. The number of halogens is 2. The molecule has 0 bridgehead atoms. The molecule has 162 valence electrons. The minimum atomic E-state index is -0.302. The lowest BCUT2D eigenvalue weighted by molar-refractivity contribution is 0.122. The van der Waals surface area contributed by atoms with E-state index in [-0.39, 0.29) is 5.82 Å². The Bertz CT molecular complexity index is 1270. The van der Waals surface area contributed by atoms with Gasteiger partial charge < -0.3 is 9.64 Å². The van der Waals surface area contributed by atoms with Crippen LogP contribution in [-0.2, 0) is 11.2 Å². The van der Waals surface area contributed by atoms with Crippen LogP contribution in [0.5, 0.6) is 0 Å². The van der Waals surface area contributed by atoms with Crippen molar-refractivity contribution < 1.29 is 9.13 Å². The zero-order valence-corrected chi connectivity index (χ0v) is 18.6. The Kier molecular flexibility index (Phi) is 5.77. The number of benzene rings is 2. The molecular formula is C26H23ClFN3O. The van der Waals surface area contributed by atoms with E-state index >= 15 is 0 Å². The van der Waals surface area contributed by atoms with Gasteiger partial charge in [-0.1, -0.05) is 17.7 Å². The van der Waals surface area contributed by atoms with Crippen LogP contribution in [0.1, 0.15) is 16.7 Å². The summed E-state index contributed by atoms with van der Waals surface area (Å²) in [5.74, 6) is -0.302. The largest absolute Gasteiger partial charge is 0.378 e. The van der Waals surface area contributed by atoms with Gasteiger partial charge >= 0.3 is 0 Å². The van der Waals surface area contributed by atoms with Gasteiger partial charge in [-0.25, -0.2) is 9.37 Å². The third-order valence-corrected chi connectivity index (χ3v) is 6.15. The molecule has 1 aliphatic heterocycles. The Morgan fingerprint density at radius 1 is 1.06 bits per heavy atom. The number of ether oxygens (including phenoxy) is 1. The number of hydrogen-bond donors (Lipinski definition) is 0. The molecule has 2 aromatic heterocycles. The van der Waals surface area contributed by atoms with E-state index in [0.717, 1.165) is 65.5 Å². The van der Waals surface area contributed by atoms with E-state index in [0.29, 0.717) is 17.0 Å². The Balaban J connectivity index is 1.62. The minimum Gasteiger partial charge on any atom is -0.378 e. The molecule has 1 aliphatic rings. The predicted molar refractivity (Wildman–Crippen MR) is 127 cm³/mol. The molecule has 0 unspecified atom stereocenters. The summed E-state index contributed by atoms with van der Waals surface area (Å²) in [5.41, 5.74) is 6.52. The molecule has 4 nitrogen and oxygen atoms in total. The molecule has 0 spiro atoms. The van der Waals surface area contributed by atoms with Crippen LogP contribution < -0.4 is 4.90 Å². The number of anilines is 1. The van der Waals surface area contributed by atoms with E-state index in [2.05, 4.69) is 22.9 Å². The van der Waals surface area contributed by atoms with Crippen molar-refractivity contribution in [1.29, 1.82) is 0 Å². The van der Waals surface area contributed by atoms with E-state index < -0.39 is 0 Å². The lowest BCUT2D eigenvalue weighted by Gasteiger charge is -2.29. The van der Waals surface area contributed by atoms with Crippen LogP contribution in [0.3, 0.4) is 0 Å². The van der Waals surface area contributed by atoms with Crippen molar-refractivity contribution in [2.24, 2.45) is 0 Å². The molecule has 0 amide bonds. The molecule has 0 aliphatic carbocycles. The Morgan fingerprint density at radius 3 is 2.69 bits per heavy atom. The highest BCUT2D eigenvalue weighted by Crippen LogP contribution is 2.32. The molecule has 6 heteroatoms. The summed E-state index contributed by atoms with van der Waals surface area (Å²) in [7, 11) is 0. The molecule has 0 atom stereocenters. The van der Waals surface area contributed by atoms with Gasteiger partial charge in [-0.2, -0.15) is 0 Å². The first-order valence-corrected chi connectivity index (χ1v) is 11.1. The maximum absolute atomic E-state index is 14.1. The van der Waals surface area contributed by atoms with Gasteiger partial charge in [0.25, 0.3) is 0 Å². The molecule has 5 rings (SSSR count). The Hall–Kier alpha value is -3.02. The van der Waals surface area contributed by atoms with Crippen LogP contribution in [0, 0.1) is 12.7 Å². The highest BCUT2D eigenvalue weighted by atomic mass is 35.5. The summed E-state index contributed by atoms with van der Waals surface area (Å²) in [6.07, 6.45) is 2.41. The molecular weight excluding hydrogens is 425 g/mol. The molecule has 3 heterocycles. The topological polar surface area (TPSA) is 38.2 Å². The third-order valence-electron chi connectivity index (χ3n) is 5.93. The zero-order chi connectivity index (χ0) is 22.1. The van der Waals surface area contributed by atoms with Crippen molar-refractivity contribution >= 4 is 28.2 Å². The summed E-state index contributed by atoms with van der Waals surface area (Å²) < 4.78 is 19.5. The lowest BCUT2D eigenvalue weighted by atomic mass is 9.94. The minimum absolute atomic E-state index is 0.302. The molecule has 0 saturated carbocycles. The molecule has 32 heavy (non-hydrogen) atoms. The molecule has 1 saturated heterocycles. The van der Waals surface area contributed by atoms with Crippen molar-refractivity contribution in [2.75, 3.05) is 31.2 Å². The van der Waals surface area contributed by atoms with Crippen LogP contribution in [-0.4, -0.2) is 36.3 Å². The van der Waals surface area contributed by atoms with Crippen LogP contribution in [0.2, 0.25) is 5.02 Å². The number of nitrogens with zero attached hydrogens (tertiary/aromatic N) is 3. The number of rotatable bonds is 4. The van der Waals surface area contributed by atoms with E-state index in [1.807, 2.05) is 36.4 Å². The highest BCUT2D eigenvalue weighted by Gasteiger charge is 2.17. The maximum Gasteiger partial charge on any atom is 0.125 e. The molecule has 0 N–H and O–H groups in total. The molecule has 0 radical (unpaired) electrons. The van der Waals surface area contributed by atoms with E-state index in [1.54, 1.807) is 6.20 Å². The smallest absolute Gasteiger partial charge is 0.125 e.